The molecule has 0 aromatic heterocycles. The van der Waals surface area contributed by atoms with Crippen molar-refractivity contribution in [3.63, 3.8) is 0 Å². The Labute approximate surface area is 116 Å². The number of primary amides is 1. The molecule has 4 heteroatoms. The molecule has 19 heavy (non-hydrogen) atoms. The highest BCUT2D eigenvalue weighted by Crippen LogP contribution is 2.24. The molecule has 1 unspecified atom stereocenters. The molecule has 0 saturated heterocycles. The maximum Gasteiger partial charge on any atom is 0.224 e. The molecule has 2 atom stereocenters. The summed E-state index contributed by atoms with van der Waals surface area (Å²) in [4.78, 5) is 23.9. The van der Waals surface area contributed by atoms with Gasteiger partial charge in [-0.15, -0.1) is 13.2 Å². The number of carbonyl (C=O) groups is 2. The van der Waals surface area contributed by atoms with Gasteiger partial charge in [-0.2, -0.15) is 0 Å². The Morgan fingerprint density at radius 1 is 1.32 bits per heavy atom. The molecule has 0 heterocycles. The van der Waals surface area contributed by atoms with Gasteiger partial charge in [0.25, 0.3) is 0 Å². The molecule has 0 fully saturated rings. The maximum atomic E-state index is 12.3. The van der Waals surface area contributed by atoms with Crippen LogP contribution in [0.1, 0.15) is 40.5 Å². The minimum Gasteiger partial charge on any atom is -0.369 e. The topological polar surface area (TPSA) is 72.2 Å². The van der Waals surface area contributed by atoms with Crippen molar-refractivity contribution >= 4 is 11.8 Å². The zero-order valence-corrected chi connectivity index (χ0v) is 12.5. The Hall–Kier alpha value is -1.58. The molecule has 0 aliphatic heterocycles. The number of amides is 2. The van der Waals surface area contributed by atoms with Gasteiger partial charge in [0.1, 0.15) is 0 Å². The zero-order chi connectivity index (χ0) is 15.2. The van der Waals surface area contributed by atoms with E-state index < -0.39 is 17.7 Å². The normalized spacial score (nSPS) is 14.3. The average Bonchev–Trinajstić information content (AvgIpc) is 2.19. The first-order valence-electron chi connectivity index (χ1n) is 6.45. The van der Waals surface area contributed by atoms with Crippen molar-refractivity contribution in [2.75, 3.05) is 0 Å². The van der Waals surface area contributed by atoms with Gasteiger partial charge in [0, 0.05) is 5.54 Å². The standard InChI is InChI=1S/C15H26N2O2/c1-7-8-11(13(16)18)12(9-10(2)3)14(19)17-15(4,5)6/h7,11-12H,1-2,8-9H2,3-6H3,(H2,16,18)(H,17,19)/t11?,12-/m1/s1. The van der Waals surface area contributed by atoms with Crippen LogP contribution in [0.4, 0.5) is 0 Å². The van der Waals surface area contributed by atoms with Crippen molar-refractivity contribution in [3.05, 3.63) is 24.8 Å². The minimum absolute atomic E-state index is 0.166. The zero-order valence-electron chi connectivity index (χ0n) is 12.5. The molecular weight excluding hydrogens is 240 g/mol. The van der Waals surface area contributed by atoms with Gasteiger partial charge in [0.05, 0.1) is 11.8 Å². The number of carbonyl (C=O) groups excluding carboxylic acids is 2. The third kappa shape index (κ3) is 6.79. The second-order valence-electron chi connectivity index (χ2n) is 6.04. The first-order valence-corrected chi connectivity index (χ1v) is 6.45. The smallest absolute Gasteiger partial charge is 0.224 e. The van der Waals surface area contributed by atoms with Crippen LogP contribution in [0.2, 0.25) is 0 Å². The molecular formula is C15H26N2O2. The number of nitrogens with one attached hydrogen (secondary N) is 1. The summed E-state index contributed by atoms with van der Waals surface area (Å²) in [6.07, 6.45) is 2.46. The van der Waals surface area contributed by atoms with Gasteiger partial charge in [0.2, 0.25) is 11.8 Å². The van der Waals surface area contributed by atoms with E-state index in [1.807, 2.05) is 27.7 Å². The fraction of sp³-hybridized carbons (Fsp3) is 0.600. The quantitative estimate of drug-likeness (QED) is 0.693. The van der Waals surface area contributed by atoms with E-state index in [4.69, 9.17) is 5.73 Å². The molecule has 0 radical (unpaired) electrons. The fourth-order valence-electron chi connectivity index (χ4n) is 1.91. The Morgan fingerprint density at radius 3 is 2.16 bits per heavy atom. The molecule has 3 N–H and O–H groups in total. The molecule has 108 valence electrons. The van der Waals surface area contributed by atoms with E-state index in [0.717, 1.165) is 5.57 Å². The molecule has 0 aliphatic carbocycles. The Bertz CT molecular complexity index is 367. The highest BCUT2D eigenvalue weighted by atomic mass is 16.2. The largest absolute Gasteiger partial charge is 0.369 e. The third-order valence-electron chi connectivity index (χ3n) is 2.68. The van der Waals surface area contributed by atoms with Gasteiger partial charge in [-0.25, -0.2) is 0 Å². The van der Waals surface area contributed by atoms with E-state index in [-0.39, 0.29) is 11.4 Å². The van der Waals surface area contributed by atoms with Gasteiger partial charge >= 0.3 is 0 Å². The van der Waals surface area contributed by atoms with Crippen molar-refractivity contribution in [2.24, 2.45) is 17.6 Å². The van der Waals surface area contributed by atoms with Crippen LogP contribution in [-0.4, -0.2) is 17.4 Å². The van der Waals surface area contributed by atoms with E-state index in [1.54, 1.807) is 6.08 Å². The molecule has 0 spiro atoms. The van der Waals surface area contributed by atoms with Crippen LogP contribution >= 0.6 is 0 Å². The molecule has 0 bridgehead atoms. The predicted molar refractivity (Wildman–Crippen MR) is 78.3 cm³/mol. The first-order chi connectivity index (χ1) is 8.58. The molecule has 0 aromatic rings. The summed E-state index contributed by atoms with van der Waals surface area (Å²) in [6.45, 7) is 15.0. The minimum atomic E-state index is -0.545. The number of rotatable bonds is 7. The van der Waals surface area contributed by atoms with E-state index in [2.05, 4.69) is 18.5 Å². The van der Waals surface area contributed by atoms with Crippen molar-refractivity contribution in [1.82, 2.24) is 5.32 Å². The molecule has 0 aromatic carbocycles. The number of hydrogen-bond acceptors (Lipinski definition) is 2. The molecule has 2 amide bonds. The van der Waals surface area contributed by atoms with Gasteiger partial charge in [-0.05, 0) is 40.5 Å². The second kappa shape index (κ2) is 7.12. The SMILES string of the molecule is C=CCC(C(N)=O)[C@@H](CC(=C)C)C(=O)NC(C)(C)C. The van der Waals surface area contributed by atoms with E-state index in [1.165, 1.54) is 0 Å². The Morgan fingerprint density at radius 2 is 1.84 bits per heavy atom. The van der Waals surface area contributed by atoms with Crippen molar-refractivity contribution < 1.29 is 9.59 Å². The Kier molecular flexibility index (Phi) is 6.53. The molecule has 0 aliphatic rings. The number of hydrogen-bond donors (Lipinski definition) is 2. The van der Waals surface area contributed by atoms with Crippen LogP contribution < -0.4 is 11.1 Å². The summed E-state index contributed by atoms with van der Waals surface area (Å²) in [5.41, 5.74) is 5.91. The molecule has 4 nitrogen and oxygen atoms in total. The van der Waals surface area contributed by atoms with Gasteiger partial charge in [-0.3, -0.25) is 9.59 Å². The monoisotopic (exact) mass is 266 g/mol. The summed E-state index contributed by atoms with van der Waals surface area (Å²) in [7, 11) is 0. The summed E-state index contributed by atoms with van der Waals surface area (Å²) in [5.74, 6) is -1.68. The van der Waals surface area contributed by atoms with Gasteiger partial charge in [0.15, 0.2) is 0 Å². The van der Waals surface area contributed by atoms with Crippen LogP contribution in [0.3, 0.4) is 0 Å². The van der Waals surface area contributed by atoms with Gasteiger partial charge < -0.3 is 11.1 Å². The highest BCUT2D eigenvalue weighted by molar-refractivity contribution is 5.87. The van der Waals surface area contributed by atoms with E-state index in [0.29, 0.717) is 12.8 Å². The third-order valence-corrected chi connectivity index (χ3v) is 2.68. The van der Waals surface area contributed by atoms with Crippen LogP contribution in [0, 0.1) is 11.8 Å². The summed E-state index contributed by atoms with van der Waals surface area (Å²) in [5, 5.41) is 2.90. The lowest BCUT2D eigenvalue weighted by molar-refractivity contribution is -0.134. The van der Waals surface area contributed by atoms with Crippen molar-refractivity contribution in [1.29, 1.82) is 0 Å². The van der Waals surface area contributed by atoms with E-state index >= 15 is 0 Å². The van der Waals surface area contributed by atoms with Gasteiger partial charge in [-0.1, -0.05) is 11.6 Å². The second-order valence-corrected chi connectivity index (χ2v) is 6.04. The predicted octanol–water partition coefficient (Wildman–Crippen LogP) is 2.16. The van der Waals surface area contributed by atoms with Crippen LogP contribution in [0.25, 0.3) is 0 Å². The van der Waals surface area contributed by atoms with Crippen molar-refractivity contribution in [2.45, 2.75) is 46.1 Å². The van der Waals surface area contributed by atoms with E-state index in [9.17, 15) is 9.59 Å². The maximum absolute atomic E-state index is 12.3. The van der Waals surface area contributed by atoms with Crippen molar-refractivity contribution in [3.8, 4) is 0 Å². The van der Waals surface area contributed by atoms with Crippen LogP contribution in [-0.2, 0) is 9.59 Å². The summed E-state index contributed by atoms with van der Waals surface area (Å²) < 4.78 is 0. The first kappa shape index (κ1) is 17.4. The highest BCUT2D eigenvalue weighted by Gasteiger charge is 2.32. The molecule has 0 saturated carbocycles. The van der Waals surface area contributed by atoms with Crippen LogP contribution in [0.15, 0.2) is 24.8 Å². The number of nitrogens with two attached hydrogens (primary N) is 1. The lowest BCUT2D eigenvalue weighted by Crippen LogP contribution is -2.47. The fourth-order valence-corrected chi connectivity index (χ4v) is 1.91. The lowest BCUT2D eigenvalue weighted by Gasteiger charge is -2.28. The Balaban J connectivity index is 5.16. The molecule has 0 rings (SSSR count). The lowest BCUT2D eigenvalue weighted by atomic mass is 9.83. The summed E-state index contributed by atoms with van der Waals surface area (Å²) >= 11 is 0. The number of allylic oxidation sites excluding steroid dienone is 2. The van der Waals surface area contributed by atoms with Crippen LogP contribution in [0.5, 0.6) is 0 Å². The average molecular weight is 266 g/mol. The summed E-state index contributed by atoms with van der Waals surface area (Å²) in [6, 6.07) is 0.